The zero-order valence-electron chi connectivity index (χ0n) is 20.4. The molecular weight excluding hydrogens is 488 g/mol. The van der Waals surface area contributed by atoms with E-state index in [-0.39, 0.29) is 17.8 Å². The zero-order valence-corrected chi connectivity index (χ0v) is 22.0. The molecule has 2 aromatic carbocycles. The van der Waals surface area contributed by atoms with E-state index in [0.717, 1.165) is 36.5 Å². The molecule has 6 rings (SSSR count). The molecule has 1 aliphatic heterocycles. The molecule has 2 bridgehead atoms. The molecule has 3 aliphatic rings. The third kappa shape index (κ3) is 3.43. The first kappa shape index (κ1) is 22.8. The van der Waals surface area contributed by atoms with Crippen molar-refractivity contribution in [3.63, 3.8) is 0 Å². The van der Waals surface area contributed by atoms with Crippen molar-refractivity contribution in [2.45, 2.75) is 71.4 Å². The molecule has 34 heavy (non-hydrogen) atoms. The zero-order chi connectivity index (χ0) is 23.5. The maximum absolute atomic E-state index is 6.68. The highest BCUT2D eigenvalue weighted by molar-refractivity contribution is 9.09. The Kier molecular flexibility index (Phi) is 5.70. The van der Waals surface area contributed by atoms with Gasteiger partial charge in [0.15, 0.2) is 6.29 Å². The fraction of sp³-hybridized carbons (Fsp3) is 0.533. The summed E-state index contributed by atoms with van der Waals surface area (Å²) in [6, 6.07) is 19.1. The molecule has 2 saturated carbocycles. The largest absolute Gasteiger partial charge is 0.458 e. The lowest BCUT2D eigenvalue weighted by Gasteiger charge is -2.38. The van der Waals surface area contributed by atoms with Gasteiger partial charge in [-0.2, -0.15) is 0 Å². The van der Waals surface area contributed by atoms with Gasteiger partial charge >= 0.3 is 0 Å². The van der Waals surface area contributed by atoms with E-state index in [2.05, 4.69) is 85.2 Å². The van der Waals surface area contributed by atoms with E-state index in [0.29, 0.717) is 22.8 Å². The van der Waals surface area contributed by atoms with Gasteiger partial charge in [-0.15, -0.1) is 0 Å². The van der Waals surface area contributed by atoms with Gasteiger partial charge < -0.3 is 13.9 Å². The molecule has 2 aliphatic carbocycles. The quantitative estimate of drug-likeness (QED) is 0.296. The normalized spacial score (nSPS) is 32.4. The summed E-state index contributed by atoms with van der Waals surface area (Å²) in [7, 11) is 0. The number of ether oxygens (including phenoxy) is 2. The number of benzene rings is 2. The van der Waals surface area contributed by atoms with Crippen LogP contribution in [0.5, 0.6) is 0 Å². The average Bonchev–Trinajstić information content (AvgIpc) is 3.53. The van der Waals surface area contributed by atoms with E-state index in [1.807, 2.05) is 6.07 Å². The van der Waals surface area contributed by atoms with Crippen LogP contribution in [0.15, 0.2) is 59.0 Å². The number of rotatable bonds is 7. The van der Waals surface area contributed by atoms with Crippen molar-refractivity contribution in [1.29, 1.82) is 0 Å². The Morgan fingerprint density at radius 2 is 1.79 bits per heavy atom. The van der Waals surface area contributed by atoms with Crippen LogP contribution in [-0.2, 0) is 22.3 Å². The second-order valence-corrected chi connectivity index (χ2v) is 12.0. The maximum Gasteiger partial charge on any atom is 0.159 e. The summed E-state index contributed by atoms with van der Waals surface area (Å²) in [6.07, 6.45) is 5.49. The fourth-order valence-corrected chi connectivity index (χ4v) is 7.92. The number of fused-ring (bicyclic) bond motifs is 6. The molecule has 0 unspecified atom stereocenters. The minimum absolute atomic E-state index is 0.163. The van der Waals surface area contributed by atoms with E-state index < -0.39 is 0 Å². The summed E-state index contributed by atoms with van der Waals surface area (Å²) in [5.74, 6) is 2.30. The minimum Gasteiger partial charge on any atom is -0.458 e. The summed E-state index contributed by atoms with van der Waals surface area (Å²) >= 11 is 3.73. The number of hydrogen-bond donors (Lipinski definition) is 0. The van der Waals surface area contributed by atoms with Crippen LogP contribution in [0, 0.1) is 22.7 Å². The molecule has 3 nitrogen and oxygen atoms in total. The standard InChI is InChI=1S/C30H35BrO3/c1-29(2)23-15-16-30(29,3)28-22(23)17-26(34-28)32-25(18-31)27-21(14-13-19-9-5-4-6-10-19)20-11-7-8-12-24(20)33-27/h4-12,22-23,25-26,28H,13-18H2,1-3H3/t22-,23-,25+,26-,28-,30+/m1/s1. The van der Waals surface area contributed by atoms with Crippen LogP contribution in [0.1, 0.15) is 63.0 Å². The van der Waals surface area contributed by atoms with Crippen molar-refractivity contribution >= 4 is 26.9 Å². The number of hydrogen-bond acceptors (Lipinski definition) is 3. The lowest BCUT2D eigenvalue weighted by atomic mass is 9.70. The van der Waals surface area contributed by atoms with Crippen LogP contribution in [0.3, 0.4) is 0 Å². The minimum atomic E-state index is -0.166. The molecule has 6 atom stereocenters. The fourth-order valence-electron chi connectivity index (χ4n) is 7.47. The summed E-state index contributed by atoms with van der Waals surface area (Å²) in [4.78, 5) is 0. The van der Waals surface area contributed by atoms with Crippen LogP contribution >= 0.6 is 15.9 Å². The van der Waals surface area contributed by atoms with Gasteiger partial charge in [0.05, 0.1) is 6.10 Å². The van der Waals surface area contributed by atoms with Crippen molar-refractivity contribution in [3.05, 3.63) is 71.5 Å². The molecular formula is C30H35BrO3. The van der Waals surface area contributed by atoms with Crippen LogP contribution in [0.2, 0.25) is 0 Å². The van der Waals surface area contributed by atoms with Crippen LogP contribution in [-0.4, -0.2) is 17.7 Å². The van der Waals surface area contributed by atoms with E-state index in [9.17, 15) is 0 Å². The first-order valence-electron chi connectivity index (χ1n) is 12.8. The molecule has 0 radical (unpaired) electrons. The Morgan fingerprint density at radius 3 is 2.56 bits per heavy atom. The maximum atomic E-state index is 6.68. The molecule has 1 aromatic heterocycles. The molecule has 180 valence electrons. The van der Waals surface area contributed by atoms with Gasteiger partial charge in [0.25, 0.3) is 0 Å². The average molecular weight is 524 g/mol. The van der Waals surface area contributed by atoms with E-state index >= 15 is 0 Å². The van der Waals surface area contributed by atoms with Crippen molar-refractivity contribution in [2.75, 3.05) is 5.33 Å². The van der Waals surface area contributed by atoms with Gasteiger partial charge in [0.1, 0.15) is 17.4 Å². The molecule has 1 saturated heterocycles. The molecule has 4 heteroatoms. The number of furan rings is 1. The lowest BCUT2D eigenvalue weighted by Crippen LogP contribution is -2.38. The summed E-state index contributed by atoms with van der Waals surface area (Å²) in [5.41, 5.74) is 4.14. The Labute approximate surface area is 211 Å². The van der Waals surface area contributed by atoms with Gasteiger partial charge in [-0.1, -0.05) is 85.2 Å². The third-order valence-electron chi connectivity index (χ3n) is 9.65. The van der Waals surface area contributed by atoms with Gasteiger partial charge in [0.2, 0.25) is 0 Å². The van der Waals surface area contributed by atoms with Crippen molar-refractivity contribution in [2.24, 2.45) is 22.7 Å². The molecule has 0 spiro atoms. The van der Waals surface area contributed by atoms with Crippen LogP contribution < -0.4 is 0 Å². The summed E-state index contributed by atoms with van der Waals surface area (Å²) < 4.78 is 19.8. The molecule has 0 N–H and O–H groups in total. The second kappa shape index (κ2) is 8.50. The number of alkyl halides is 1. The third-order valence-corrected chi connectivity index (χ3v) is 10.2. The molecule has 3 fully saturated rings. The lowest BCUT2D eigenvalue weighted by molar-refractivity contribution is -0.185. The highest BCUT2D eigenvalue weighted by Crippen LogP contribution is 2.71. The topological polar surface area (TPSA) is 31.6 Å². The Morgan fingerprint density at radius 1 is 1.03 bits per heavy atom. The van der Waals surface area contributed by atoms with Gasteiger partial charge in [-0.05, 0) is 60.0 Å². The monoisotopic (exact) mass is 522 g/mol. The number of aryl methyl sites for hydroxylation is 2. The predicted molar refractivity (Wildman–Crippen MR) is 139 cm³/mol. The SMILES string of the molecule is CC1(C)[C@@H]2CC[C@@]1(C)[C@@H]1O[C@@H](O[C@@H](CBr)c3oc4ccccc4c3CCc3ccccc3)C[C@H]21. The highest BCUT2D eigenvalue weighted by atomic mass is 79.9. The number of halogens is 1. The van der Waals surface area contributed by atoms with Gasteiger partial charge in [-0.3, -0.25) is 0 Å². The van der Waals surface area contributed by atoms with Crippen molar-refractivity contribution in [1.82, 2.24) is 0 Å². The van der Waals surface area contributed by atoms with Crippen LogP contribution in [0.4, 0.5) is 0 Å². The van der Waals surface area contributed by atoms with Crippen molar-refractivity contribution in [3.8, 4) is 0 Å². The van der Waals surface area contributed by atoms with Gasteiger partial charge in [0, 0.05) is 22.7 Å². The molecule has 2 heterocycles. The summed E-state index contributed by atoms with van der Waals surface area (Å²) in [5, 5.41) is 1.88. The predicted octanol–water partition coefficient (Wildman–Crippen LogP) is 7.86. The first-order valence-corrected chi connectivity index (χ1v) is 14.0. The van der Waals surface area contributed by atoms with Crippen molar-refractivity contribution < 1.29 is 13.9 Å². The first-order chi connectivity index (χ1) is 16.4. The summed E-state index contributed by atoms with van der Waals surface area (Å²) in [6.45, 7) is 7.36. The van der Waals surface area contributed by atoms with E-state index in [1.54, 1.807) is 0 Å². The molecule has 0 amide bonds. The molecule has 3 aromatic rings. The van der Waals surface area contributed by atoms with E-state index in [4.69, 9.17) is 13.9 Å². The van der Waals surface area contributed by atoms with E-state index in [1.165, 1.54) is 29.4 Å². The van der Waals surface area contributed by atoms with Gasteiger partial charge in [-0.25, -0.2) is 0 Å². The Balaban J connectivity index is 1.25. The van der Waals surface area contributed by atoms with Crippen LogP contribution in [0.25, 0.3) is 11.0 Å². The smallest absolute Gasteiger partial charge is 0.159 e. The Bertz CT molecular complexity index is 1170. The second-order valence-electron chi connectivity index (χ2n) is 11.4. The Hall–Kier alpha value is -1.62. The number of para-hydroxylation sites is 1. The highest BCUT2D eigenvalue weighted by Gasteiger charge is 2.69.